The summed E-state index contributed by atoms with van der Waals surface area (Å²) >= 11 is 0. The molecule has 0 aromatic carbocycles. The van der Waals surface area contributed by atoms with Crippen molar-refractivity contribution < 1.29 is 4.79 Å². The lowest BCUT2D eigenvalue weighted by molar-refractivity contribution is 0.101. The Kier molecular flexibility index (Phi) is 2.42. The first-order valence-electron chi connectivity index (χ1n) is 3.86. The SMILES string of the molecule is CCCn1nnc(C(C)=O)c1N. The second kappa shape index (κ2) is 3.34. The van der Waals surface area contributed by atoms with Crippen molar-refractivity contribution in [1.29, 1.82) is 0 Å². The zero-order valence-electron chi connectivity index (χ0n) is 7.24. The number of aromatic nitrogens is 3. The van der Waals surface area contributed by atoms with Gasteiger partial charge in [-0.05, 0) is 6.42 Å². The number of hydrogen-bond donors (Lipinski definition) is 1. The van der Waals surface area contributed by atoms with E-state index < -0.39 is 0 Å². The van der Waals surface area contributed by atoms with Gasteiger partial charge in [-0.2, -0.15) is 0 Å². The molecule has 0 aliphatic rings. The molecule has 0 fully saturated rings. The molecule has 1 rings (SSSR count). The molecule has 0 unspecified atom stereocenters. The van der Waals surface area contributed by atoms with E-state index in [-0.39, 0.29) is 11.5 Å². The molecule has 0 amide bonds. The minimum absolute atomic E-state index is 0.144. The van der Waals surface area contributed by atoms with E-state index in [2.05, 4.69) is 10.3 Å². The summed E-state index contributed by atoms with van der Waals surface area (Å²) in [5.41, 5.74) is 5.87. The average molecular weight is 168 g/mol. The number of rotatable bonds is 3. The highest BCUT2D eigenvalue weighted by atomic mass is 16.1. The summed E-state index contributed by atoms with van der Waals surface area (Å²) in [7, 11) is 0. The Labute approximate surface area is 70.6 Å². The van der Waals surface area contributed by atoms with Crippen molar-refractivity contribution in [3.05, 3.63) is 5.69 Å². The highest BCUT2D eigenvalue weighted by Gasteiger charge is 2.11. The van der Waals surface area contributed by atoms with Crippen molar-refractivity contribution in [3.8, 4) is 0 Å². The third kappa shape index (κ3) is 1.44. The van der Waals surface area contributed by atoms with Crippen LogP contribution in [0.5, 0.6) is 0 Å². The Morgan fingerprint density at radius 3 is 2.75 bits per heavy atom. The number of nitrogens with zero attached hydrogens (tertiary/aromatic N) is 3. The monoisotopic (exact) mass is 168 g/mol. The van der Waals surface area contributed by atoms with Crippen molar-refractivity contribution in [2.24, 2.45) is 0 Å². The van der Waals surface area contributed by atoms with Gasteiger partial charge < -0.3 is 5.73 Å². The molecule has 0 atom stereocenters. The number of ketones is 1. The molecule has 1 aromatic heterocycles. The standard InChI is InChI=1S/C7H12N4O/c1-3-4-11-7(8)6(5(2)12)9-10-11/h3-4,8H2,1-2H3. The fourth-order valence-corrected chi connectivity index (χ4v) is 0.948. The molecule has 0 saturated heterocycles. The van der Waals surface area contributed by atoms with Crippen LogP contribution >= 0.6 is 0 Å². The van der Waals surface area contributed by atoms with Crippen LogP contribution in [0.1, 0.15) is 30.8 Å². The molecule has 5 heteroatoms. The van der Waals surface area contributed by atoms with E-state index in [0.29, 0.717) is 12.4 Å². The number of carbonyl (C=O) groups excluding carboxylic acids is 1. The highest BCUT2D eigenvalue weighted by Crippen LogP contribution is 2.08. The Bertz CT molecular complexity index is 292. The van der Waals surface area contributed by atoms with Crippen molar-refractivity contribution in [2.75, 3.05) is 5.73 Å². The molecule has 1 aromatic rings. The zero-order valence-corrected chi connectivity index (χ0v) is 7.24. The topological polar surface area (TPSA) is 73.8 Å². The van der Waals surface area contributed by atoms with Crippen molar-refractivity contribution in [1.82, 2.24) is 15.0 Å². The Hall–Kier alpha value is -1.39. The number of anilines is 1. The quantitative estimate of drug-likeness (QED) is 0.666. The third-order valence-corrected chi connectivity index (χ3v) is 1.54. The van der Waals surface area contributed by atoms with E-state index in [1.165, 1.54) is 11.6 Å². The summed E-state index contributed by atoms with van der Waals surface area (Å²) in [6.07, 6.45) is 0.922. The molecule has 2 N–H and O–H groups in total. The van der Waals surface area contributed by atoms with Crippen LogP contribution in [0.2, 0.25) is 0 Å². The molecule has 0 spiro atoms. The fraction of sp³-hybridized carbons (Fsp3) is 0.571. The molecule has 66 valence electrons. The number of hydrogen-bond acceptors (Lipinski definition) is 4. The molecule has 0 aliphatic heterocycles. The molecule has 0 radical (unpaired) electrons. The first-order valence-corrected chi connectivity index (χ1v) is 3.86. The molecule has 1 heterocycles. The smallest absolute Gasteiger partial charge is 0.183 e. The van der Waals surface area contributed by atoms with Gasteiger partial charge in [0.25, 0.3) is 0 Å². The average Bonchev–Trinajstić information content (AvgIpc) is 2.34. The summed E-state index contributed by atoms with van der Waals surface area (Å²) in [5.74, 6) is 0.221. The van der Waals surface area contributed by atoms with Crippen LogP contribution in [-0.2, 0) is 6.54 Å². The van der Waals surface area contributed by atoms with Crippen molar-refractivity contribution in [2.45, 2.75) is 26.8 Å². The minimum atomic E-state index is -0.144. The van der Waals surface area contributed by atoms with Crippen LogP contribution in [-0.4, -0.2) is 20.8 Å². The van der Waals surface area contributed by atoms with E-state index in [1.54, 1.807) is 0 Å². The predicted molar refractivity (Wildman–Crippen MR) is 44.7 cm³/mol. The number of Topliss-reactive ketones (excluding diaryl/α,β-unsaturated/α-hetero) is 1. The Balaban J connectivity index is 2.96. The molecule has 12 heavy (non-hydrogen) atoms. The van der Waals surface area contributed by atoms with Crippen LogP contribution in [0.15, 0.2) is 0 Å². The normalized spacial score (nSPS) is 10.2. The van der Waals surface area contributed by atoms with Gasteiger partial charge in [0.15, 0.2) is 17.3 Å². The molecule has 0 bridgehead atoms. The maximum atomic E-state index is 10.9. The van der Waals surface area contributed by atoms with Crippen LogP contribution in [0.3, 0.4) is 0 Å². The second-order valence-electron chi connectivity index (χ2n) is 2.60. The summed E-state index contributed by atoms with van der Waals surface area (Å²) in [6.45, 7) is 4.14. The van der Waals surface area contributed by atoms with Crippen molar-refractivity contribution in [3.63, 3.8) is 0 Å². The predicted octanol–water partition coefficient (Wildman–Crippen LogP) is 0.473. The van der Waals surface area contributed by atoms with E-state index in [1.807, 2.05) is 6.92 Å². The first kappa shape index (κ1) is 8.70. The van der Waals surface area contributed by atoms with E-state index in [4.69, 9.17) is 5.73 Å². The number of nitrogen functional groups attached to an aromatic ring is 1. The van der Waals surface area contributed by atoms with Gasteiger partial charge >= 0.3 is 0 Å². The lowest BCUT2D eigenvalue weighted by Gasteiger charge is -1.98. The van der Waals surface area contributed by atoms with Gasteiger partial charge in [-0.1, -0.05) is 12.1 Å². The van der Waals surface area contributed by atoms with Crippen molar-refractivity contribution >= 4 is 11.6 Å². The van der Waals surface area contributed by atoms with Gasteiger partial charge in [0.2, 0.25) is 0 Å². The molecular weight excluding hydrogens is 156 g/mol. The Morgan fingerprint density at radius 2 is 2.33 bits per heavy atom. The van der Waals surface area contributed by atoms with Gasteiger partial charge in [-0.25, -0.2) is 4.68 Å². The lowest BCUT2D eigenvalue weighted by atomic mass is 10.3. The van der Waals surface area contributed by atoms with E-state index >= 15 is 0 Å². The maximum absolute atomic E-state index is 10.9. The van der Waals surface area contributed by atoms with Gasteiger partial charge in [-0.3, -0.25) is 4.79 Å². The van der Waals surface area contributed by atoms with Crippen LogP contribution in [0.25, 0.3) is 0 Å². The summed E-state index contributed by atoms with van der Waals surface area (Å²) in [6, 6.07) is 0. The van der Waals surface area contributed by atoms with Gasteiger partial charge in [0.1, 0.15) is 0 Å². The summed E-state index contributed by atoms with van der Waals surface area (Å²) in [5, 5.41) is 7.42. The minimum Gasteiger partial charge on any atom is -0.382 e. The second-order valence-corrected chi connectivity index (χ2v) is 2.60. The number of nitrogens with two attached hydrogens (primary N) is 1. The van der Waals surface area contributed by atoms with Gasteiger partial charge in [0, 0.05) is 13.5 Å². The van der Waals surface area contributed by atoms with Crippen LogP contribution in [0.4, 0.5) is 5.82 Å². The molecule has 5 nitrogen and oxygen atoms in total. The molecule has 0 saturated carbocycles. The van der Waals surface area contributed by atoms with Crippen LogP contribution in [0, 0.1) is 0 Å². The molecular formula is C7H12N4O. The zero-order chi connectivity index (χ0) is 9.14. The third-order valence-electron chi connectivity index (χ3n) is 1.54. The summed E-state index contributed by atoms with van der Waals surface area (Å²) < 4.78 is 1.54. The number of aryl methyl sites for hydroxylation is 1. The van der Waals surface area contributed by atoms with E-state index in [0.717, 1.165) is 6.42 Å². The Morgan fingerprint density at radius 1 is 1.67 bits per heavy atom. The number of carbonyl (C=O) groups is 1. The lowest BCUT2D eigenvalue weighted by Crippen LogP contribution is -2.06. The fourth-order valence-electron chi connectivity index (χ4n) is 0.948. The molecule has 0 aliphatic carbocycles. The first-order chi connectivity index (χ1) is 5.66. The largest absolute Gasteiger partial charge is 0.382 e. The van der Waals surface area contributed by atoms with Crippen LogP contribution < -0.4 is 5.73 Å². The maximum Gasteiger partial charge on any atom is 0.183 e. The van der Waals surface area contributed by atoms with E-state index in [9.17, 15) is 4.79 Å². The highest BCUT2D eigenvalue weighted by molar-refractivity contribution is 5.96. The van der Waals surface area contributed by atoms with Gasteiger partial charge in [-0.15, -0.1) is 5.10 Å². The summed E-state index contributed by atoms with van der Waals surface area (Å²) in [4.78, 5) is 10.9. The van der Waals surface area contributed by atoms with Gasteiger partial charge in [0.05, 0.1) is 0 Å².